The quantitative estimate of drug-likeness (QED) is 0.322. The van der Waals surface area contributed by atoms with E-state index in [1.54, 1.807) is 0 Å². The van der Waals surface area contributed by atoms with Gasteiger partial charge in [-0.15, -0.1) is 0 Å². The molecule has 1 atom stereocenters. The summed E-state index contributed by atoms with van der Waals surface area (Å²) in [5.74, 6) is -2.78. The molecular weight excluding hydrogens is 99.0 g/mol. The van der Waals surface area contributed by atoms with Gasteiger partial charge in [-0.25, -0.2) is 4.39 Å². The number of rotatable bonds is 1. The third-order valence-electron chi connectivity index (χ3n) is 0.878. The molecule has 0 aromatic carbocycles. The number of amides is 1. The van der Waals surface area contributed by atoms with Gasteiger partial charge in [-0.1, -0.05) is 0 Å². The summed E-state index contributed by atoms with van der Waals surface area (Å²) in [5, 5.41) is 2.17. The molecule has 0 radical (unpaired) electrons. The summed E-state index contributed by atoms with van der Waals surface area (Å²) in [4.78, 5) is 9.87. The largest absolute Gasteiger partial charge is 0.366 e. The van der Waals surface area contributed by atoms with Crippen molar-refractivity contribution in [3.63, 3.8) is 0 Å². The lowest BCUT2D eigenvalue weighted by Gasteiger charge is -1.90. The Morgan fingerprint density at radius 3 is 2.43 bits per heavy atom. The van der Waals surface area contributed by atoms with E-state index in [0.717, 1.165) is 0 Å². The van der Waals surface area contributed by atoms with E-state index >= 15 is 0 Å². The average molecular weight is 104 g/mol. The van der Waals surface area contributed by atoms with Gasteiger partial charge in [0, 0.05) is 0 Å². The first-order valence-electron chi connectivity index (χ1n) is 1.89. The van der Waals surface area contributed by atoms with E-state index in [-0.39, 0.29) is 6.54 Å². The number of halogens is 1. The van der Waals surface area contributed by atoms with E-state index in [1.165, 1.54) is 0 Å². The number of nitrogens with two attached hydrogens (primary N) is 1. The Balaban J connectivity index is 2.55. The Bertz CT molecular complexity index is 110. The van der Waals surface area contributed by atoms with Gasteiger partial charge in [-0.3, -0.25) is 10.1 Å². The van der Waals surface area contributed by atoms with E-state index in [2.05, 4.69) is 11.1 Å². The van der Waals surface area contributed by atoms with Gasteiger partial charge in [0.05, 0.1) is 6.54 Å². The zero-order valence-corrected chi connectivity index (χ0v) is 3.57. The molecular formula is C3H5FN2O. The van der Waals surface area contributed by atoms with Crippen molar-refractivity contribution >= 4 is 5.91 Å². The molecule has 1 aliphatic rings. The minimum absolute atomic E-state index is 0.0718. The van der Waals surface area contributed by atoms with Crippen LogP contribution in [0.15, 0.2) is 0 Å². The number of primary amides is 1. The van der Waals surface area contributed by atoms with Gasteiger partial charge in [-0.05, 0) is 0 Å². The van der Waals surface area contributed by atoms with Gasteiger partial charge in [0.2, 0.25) is 0 Å². The van der Waals surface area contributed by atoms with Crippen molar-refractivity contribution in [3.8, 4) is 0 Å². The molecule has 0 saturated carbocycles. The predicted octanol–water partition coefficient (Wildman–Crippen LogP) is -1.26. The molecule has 3 N–H and O–H groups in total. The standard InChI is InChI=1S/C3H5FN2O/c4-3(1-6-3)2(5)7/h6H,1H2,(H2,5,7). The van der Waals surface area contributed by atoms with Crippen LogP contribution in [0.4, 0.5) is 4.39 Å². The molecule has 1 unspecified atom stereocenters. The average Bonchev–Trinajstić information content (AvgIpc) is 2.21. The lowest BCUT2D eigenvalue weighted by atomic mass is 10.4. The fourth-order valence-corrected chi connectivity index (χ4v) is 0.252. The Labute approximate surface area is 39.7 Å². The molecule has 4 heteroatoms. The van der Waals surface area contributed by atoms with E-state index in [9.17, 15) is 9.18 Å². The summed E-state index contributed by atoms with van der Waals surface area (Å²) in [6.45, 7) is 0.0718. The smallest absolute Gasteiger partial charge is 0.271 e. The molecule has 1 aliphatic heterocycles. The van der Waals surface area contributed by atoms with Crippen molar-refractivity contribution < 1.29 is 9.18 Å². The van der Waals surface area contributed by atoms with Crippen LogP contribution in [0.1, 0.15) is 0 Å². The third-order valence-corrected chi connectivity index (χ3v) is 0.878. The molecule has 1 saturated heterocycles. The van der Waals surface area contributed by atoms with Crippen molar-refractivity contribution in [2.45, 2.75) is 5.79 Å². The monoisotopic (exact) mass is 104 g/mol. The first-order chi connectivity index (χ1) is 3.15. The fourth-order valence-electron chi connectivity index (χ4n) is 0.252. The Hall–Kier alpha value is -0.640. The molecule has 40 valence electrons. The van der Waals surface area contributed by atoms with E-state index in [0.29, 0.717) is 0 Å². The highest BCUT2D eigenvalue weighted by molar-refractivity contribution is 5.86. The third kappa shape index (κ3) is 0.564. The number of carbonyl (C=O) groups excluding carboxylic acids is 1. The van der Waals surface area contributed by atoms with Gasteiger partial charge in [-0.2, -0.15) is 0 Å². The Morgan fingerprint density at radius 2 is 2.43 bits per heavy atom. The Kier molecular flexibility index (Phi) is 0.613. The maximum Gasteiger partial charge on any atom is 0.271 e. The van der Waals surface area contributed by atoms with Crippen molar-refractivity contribution in [2.75, 3.05) is 6.54 Å². The van der Waals surface area contributed by atoms with E-state index in [4.69, 9.17) is 0 Å². The van der Waals surface area contributed by atoms with Crippen molar-refractivity contribution in [1.82, 2.24) is 5.32 Å². The second-order valence-corrected chi connectivity index (χ2v) is 1.52. The SMILES string of the molecule is NC(=O)C1(F)CN1. The summed E-state index contributed by atoms with van der Waals surface area (Å²) in [7, 11) is 0. The van der Waals surface area contributed by atoms with Crippen LogP contribution in [0, 0.1) is 0 Å². The molecule has 3 nitrogen and oxygen atoms in total. The second-order valence-electron chi connectivity index (χ2n) is 1.52. The zero-order valence-electron chi connectivity index (χ0n) is 3.57. The second kappa shape index (κ2) is 0.949. The maximum atomic E-state index is 12.0. The minimum atomic E-state index is -1.86. The summed E-state index contributed by atoms with van der Waals surface area (Å²) >= 11 is 0. The van der Waals surface area contributed by atoms with Crippen LogP contribution >= 0.6 is 0 Å². The number of alkyl halides is 1. The lowest BCUT2D eigenvalue weighted by Crippen LogP contribution is -2.29. The van der Waals surface area contributed by atoms with Gasteiger partial charge in [0.25, 0.3) is 11.7 Å². The molecule has 7 heavy (non-hydrogen) atoms. The zero-order chi connectivity index (χ0) is 5.49. The summed E-state index contributed by atoms with van der Waals surface area (Å²) in [6.07, 6.45) is 0. The molecule has 1 fully saturated rings. The van der Waals surface area contributed by atoms with Crippen molar-refractivity contribution in [2.24, 2.45) is 5.73 Å². The topological polar surface area (TPSA) is 65.0 Å². The van der Waals surface area contributed by atoms with Crippen LogP contribution in [-0.2, 0) is 4.79 Å². The van der Waals surface area contributed by atoms with Crippen LogP contribution in [0.2, 0.25) is 0 Å². The van der Waals surface area contributed by atoms with E-state index < -0.39 is 11.7 Å². The Morgan fingerprint density at radius 1 is 2.00 bits per heavy atom. The van der Waals surface area contributed by atoms with Crippen molar-refractivity contribution in [1.29, 1.82) is 0 Å². The summed E-state index contributed by atoms with van der Waals surface area (Å²) < 4.78 is 12.0. The van der Waals surface area contributed by atoms with Gasteiger partial charge in [0.1, 0.15) is 0 Å². The van der Waals surface area contributed by atoms with Crippen LogP contribution in [0.25, 0.3) is 0 Å². The first kappa shape index (κ1) is 4.52. The summed E-state index contributed by atoms with van der Waals surface area (Å²) in [5.41, 5.74) is 4.56. The molecule has 0 aliphatic carbocycles. The predicted molar refractivity (Wildman–Crippen MR) is 21.0 cm³/mol. The van der Waals surface area contributed by atoms with Gasteiger partial charge >= 0.3 is 0 Å². The molecule has 0 bridgehead atoms. The molecule has 0 spiro atoms. The van der Waals surface area contributed by atoms with Crippen LogP contribution in [0.5, 0.6) is 0 Å². The number of carbonyl (C=O) groups is 1. The van der Waals surface area contributed by atoms with Crippen LogP contribution in [0.3, 0.4) is 0 Å². The van der Waals surface area contributed by atoms with E-state index in [1.807, 2.05) is 0 Å². The van der Waals surface area contributed by atoms with Gasteiger partial charge in [0.15, 0.2) is 0 Å². The molecule has 0 aromatic rings. The highest BCUT2D eigenvalue weighted by atomic mass is 19.1. The maximum absolute atomic E-state index is 12.0. The highest BCUT2D eigenvalue weighted by Gasteiger charge is 2.48. The number of nitrogens with one attached hydrogen (secondary N) is 1. The molecule has 1 heterocycles. The fraction of sp³-hybridized carbons (Fsp3) is 0.667. The summed E-state index contributed by atoms with van der Waals surface area (Å²) in [6, 6.07) is 0. The van der Waals surface area contributed by atoms with Crippen LogP contribution in [-0.4, -0.2) is 18.2 Å². The molecule has 1 rings (SSSR count). The molecule has 0 aromatic heterocycles. The highest BCUT2D eigenvalue weighted by Crippen LogP contribution is 2.16. The first-order valence-corrected chi connectivity index (χ1v) is 1.89. The minimum Gasteiger partial charge on any atom is -0.366 e. The van der Waals surface area contributed by atoms with Gasteiger partial charge < -0.3 is 5.73 Å². The van der Waals surface area contributed by atoms with Crippen molar-refractivity contribution in [3.05, 3.63) is 0 Å². The lowest BCUT2D eigenvalue weighted by molar-refractivity contribution is -0.124. The number of hydrogen-bond acceptors (Lipinski definition) is 2. The normalized spacial score (nSPS) is 37.9. The number of hydrogen-bond donors (Lipinski definition) is 2. The van der Waals surface area contributed by atoms with Crippen LogP contribution < -0.4 is 11.1 Å². The molecule has 1 amide bonds.